The molecule has 0 aliphatic heterocycles. The van der Waals surface area contributed by atoms with Crippen molar-refractivity contribution in [1.82, 2.24) is 0 Å². The van der Waals surface area contributed by atoms with E-state index in [9.17, 15) is 30.7 Å². The summed E-state index contributed by atoms with van der Waals surface area (Å²) < 4.78 is 108. The van der Waals surface area contributed by atoms with E-state index in [2.05, 4.69) is 4.74 Å². The van der Waals surface area contributed by atoms with Gasteiger partial charge in [0.15, 0.2) is 35.7 Å². The fourth-order valence-electron chi connectivity index (χ4n) is 3.72. The topological polar surface area (TPSA) is 18.5 Å². The zero-order valence-electron chi connectivity index (χ0n) is 18.9. The van der Waals surface area contributed by atoms with Gasteiger partial charge >= 0.3 is 6.11 Å². The largest absolute Gasteiger partial charge is 0.483 e. The second-order valence-electron chi connectivity index (χ2n) is 8.07. The van der Waals surface area contributed by atoms with Gasteiger partial charge in [-0.1, -0.05) is 37.6 Å². The molecule has 4 aromatic carbocycles. The van der Waals surface area contributed by atoms with Crippen molar-refractivity contribution in [3.8, 4) is 22.6 Å². The Balaban J connectivity index is 1.44. The highest BCUT2D eigenvalue weighted by Gasteiger charge is 2.33. The molecule has 0 radical (unpaired) electrons. The third kappa shape index (κ3) is 5.24. The summed E-state index contributed by atoms with van der Waals surface area (Å²) in [6.45, 7) is 0.635. The molecule has 0 aliphatic rings. The summed E-state index contributed by atoms with van der Waals surface area (Å²) in [6, 6.07) is 12.0. The van der Waals surface area contributed by atoms with E-state index < -0.39 is 47.6 Å². The van der Waals surface area contributed by atoms with E-state index in [0.717, 1.165) is 18.2 Å². The molecule has 0 aliphatic carbocycles. The van der Waals surface area contributed by atoms with Gasteiger partial charge in [0.25, 0.3) is 0 Å². The summed E-state index contributed by atoms with van der Waals surface area (Å²) >= 11 is 0. The number of benzene rings is 4. The molecule has 0 spiro atoms. The fourth-order valence-corrected chi connectivity index (χ4v) is 3.72. The minimum Gasteiger partial charge on any atom is -0.483 e. The van der Waals surface area contributed by atoms with Crippen molar-refractivity contribution < 1.29 is 40.2 Å². The summed E-state index contributed by atoms with van der Waals surface area (Å²) in [6.07, 6.45) is -2.78. The van der Waals surface area contributed by atoms with Gasteiger partial charge < -0.3 is 9.47 Å². The summed E-state index contributed by atoms with van der Waals surface area (Å²) in [7, 11) is 0. The molecule has 2 nitrogen and oxygen atoms in total. The second-order valence-corrected chi connectivity index (χ2v) is 8.07. The maximum absolute atomic E-state index is 14.5. The highest BCUT2D eigenvalue weighted by atomic mass is 19.3. The zero-order valence-corrected chi connectivity index (χ0v) is 18.9. The van der Waals surface area contributed by atoms with Gasteiger partial charge in [0.05, 0.1) is 0 Å². The first-order valence-electron chi connectivity index (χ1n) is 10.9. The van der Waals surface area contributed by atoms with Crippen molar-refractivity contribution in [2.24, 2.45) is 0 Å². The molecule has 0 unspecified atom stereocenters. The van der Waals surface area contributed by atoms with Crippen molar-refractivity contribution in [3.63, 3.8) is 0 Å². The third-order valence-electron chi connectivity index (χ3n) is 5.47. The molecule has 0 aromatic heterocycles. The van der Waals surface area contributed by atoms with Crippen LogP contribution in [0.3, 0.4) is 0 Å². The molecule has 0 amide bonds. The van der Waals surface area contributed by atoms with E-state index >= 15 is 0 Å². The molecule has 0 saturated carbocycles. The van der Waals surface area contributed by atoms with Crippen molar-refractivity contribution >= 4 is 10.8 Å². The summed E-state index contributed by atoms with van der Waals surface area (Å²) in [4.78, 5) is 0. The Bertz CT molecular complexity index is 1400. The number of halogens is 7. The molecule has 4 aromatic rings. The first-order chi connectivity index (χ1) is 17.1. The second kappa shape index (κ2) is 10.1. The summed E-state index contributed by atoms with van der Waals surface area (Å²) in [5.74, 6) is -6.88. The molecule has 188 valence electrons. The van der Waals surface area contributed by atoms with Crippen LogP contribution >= 0.6 is 0 Å². The number of hydrogen-bond donors (Lipinski definition) is 0. The van der Waals surface area contributed by atoms with Gasteiger partial charge in [-0.2, -0.15) is 8.78 Å². The highest BCUT2D eigenvalue weighted by Crippen LogP contribution is 2.31. The molecule has 0 N–H and O–H groups in total. The molecular weight excluding hydrogens is 489 g/mol. The molecule has 0 saturated heterocycles. The van der Waals surface area contributed by atoms with Crippen molar-refractivity contribution in [2.45, 2.75) is 25.9 Å². The molecular formula is C27H19F7O2. The number of fused-ring (bicyclic) bond motifs is 1. The Morgan fingerprint density at radius 1 is 0.722 bits per heavy atom. The van der Waals surface area contributed by atoms with Crippen LogP contribution in [0.5, 0.6) is 11.5 Å². The molecule has 0 heterocycles. The maximum Gasteiger partial charge on any atom is 0.432 e. The third-order valence-corrected chi connectivity index (χ3v) is 5.47. The minimum atomic E-state index is -3.84. The summed E-state index contributed by atoms with van der Waals surface area (Å²) in [5, 5.41) is -0.458. The average Bonchev–Trinajstić information content (AvgIpc) is 2.85. The first kappa shape index (κ1) is 25.3. The van der Waals surface area contributed by atoms with Gasteiger partial charge in [0.2, 0.25) is 0 Å². The number of aryl methyl sites for hydroxylation is 1. The molecule has 0 bridgehead atoms. The Morgan fingerprint density at radius 2 is 1.42 bits per heavy atom. The molecule has 4 rings (SSSR count). The van der Waals surface area contributed by atoms with E-state index in [1.165, 1.54) is 36.4 Å². The Kier molecular flexibility index (Phi) is 7.10. The highest BCUT2D eigenvalue weighted by molar-refractivity contribution is 5.84. The number of hydrogen-bond acceptors (Lipinski definition) is 2. The van der Waals surface area contributed by atoms with Crippen molar-refractivity contribution in [2.75, 3.05) is 6.61 Å². The van der Waals surface area contributed by atoms with Crippen LogP contribution in [-0.4, -0.2) is 12.7 Å². The van der Waals surface area contributed by atoms with Crippen LogP contribution in [0.2, 0.25) is 0 Å². The quantitative estimate of drug-likeness (QED) is 0.176. The number of rotatable bonds is 8. The van der Waals surface area contributed by atoms with Gasteiger partial charge in [-0.25, -0.2) is 22.0 Å². The smallest absolute Gasteiger partial charge is 0.432 e. The van der Waals surface area contributed by atoms with E-state index in [4.69, 9.17) is 4.74 Å². The van der Waals surface area contributed by atoms with Crippen LogP contribution in [0.1, 0.15) is 18.9 Å². The van der Waals surface area contributed by atoms with Crippen LogP contribution in [0.25, 0.3) is 21.9 Å². The van der Waals surface area contributed by atoms with Gasteiger partial charge in [0, 0.05) is 10.9 Å². The Hall–Kier alpha value is -3.75. The van der Waals surface area contributed by atoms with Crippen LogP contribution in [0.4, 0.5) is 30.7 Å². The SMILES string of the molecule is CCCc1ccc(-c2ccc(OCC(F)(F)Oc3ccc4c(F)c(F)c(F)cc4c3)cc2)c(F)c1F. The zero-order chi connectivity index (χ0) is 26.0. The number of ether oxygens (including phenoxy) is 2. The van der Waals surface area contributed by atoms with Crippen LogP contribution < -0.4 is 9.47 Å². The van der Waals surface area contributed by atoms with E-state index in [1.807, 2.05) is 6.92 Å². The lowest BCUT2D eigenvalue weighted by atomic mass is 10.0. The lowest BCUT2D eigenvalue weighted by molar-refractivity contribution is -0.195. The Labute approximate surface area is 201 Å². The van der Waals surface area contributed by atoms with Gasteiger partial charge in [0.1, 0.15) is 11.5 Å². The van der Waals surface area contributed by atoms with E-state index in [-0.39, 0.29) is 27.6 Å². The van der Waals surface area contributed by atoms with Crippen LogP contribution in [0.15, 0.2) is 60.7 Å². The van der Waals surface area contributed by atoms with Crippen LogP contribution in [0, 0.1) is 29.1 Å². The van der Waals surface area contributed by atoms with Crippen molar-refractivity contribution in [1.29, 1.82) is 0 Å². The molecule has 36 heavy (non-hydrogen) atoms. The molecule has 0 fully saturated rings. The van der Waals surface area contributed by atoms with E-state index in [0.29, 0.717) is 24.5 Å². The van der Waals surface area contributed by atoms with E-state index in [1.54, 1.807) is 0 Å². The average molecular weight is 508 g/mol. The Morgan fingerprint density at radius 3 is 2.11 bits per heavy atom. The normalized spacial score (nSPS) is 11.7. The predicted molar refractivity (Wildman–Crippen MR) is 121 cm³/mol. The van der Waals surface area contributed by atoms with Gasteiger partial charge in [-0.15, -0.1) is 0 Å². The fraction of sp³-hybridized carbons (Fsp3) is 0.185. The lowest BCUT2D eigenvalue weighted by Crippen LogP contribution is -2.32. The maximum atomic E-state index is 14.5. The van der Waals surface area contributed by atoms with Crippen LogP contribution in [-0.2, 0) is 6.42 Å². The first-order valence-corrected chi connectivity index (χ1v) is 10.9. The van der Waals surface area contributed by atoms with Crippen molar-refractivity contribution in [3.05, 3.63) is 95.3 Å². The molecule has 9 heteroatoms. The number of alkyl halides is 2. The minimum absolute atomic E-state index is 0.0173. The standard InChI is InChI=1S/C27H19F7O2/c1-2-3-16-6-10-20(24(30)23(16)29)15-4-7-18(8-5-15)35-14-27(33,34)36-19-9-11-21-17(12-19)13-22(28)26(32)25(21)31/h4-13H,2-3,14H2,1H3. The predicted octanol–water partition coefficient (Wildman–Crippen LogP) is 8.21. The monoisotopic (exact) mass is 508 g/mol. The molecule has 0 atom stereocenters. The lowest BCUT2D eigenvalue weighted by Gasteiger charge is -2.19. The summed E-state index contributed by atoms with van der Waals surface area (Å²) in [5.41, 5.74) is 0.628. The van der Waals surface area contributed by atoms with Gasteiger partial charge in [-0.3, -0.25) is 0 Å². The van der Waals surface area contributed by atoms with Gasteiger partial charge in [-0.05, 0) is 59.3 Å².